The molecule has 0 saturated carbocycles. The van der Waals surface area contributed by atoms with Crippen molar-refractivity contribution < 1.29 is 32.9 Å². The quantitative estimate of drug-likeness (QED) is 0.0316. The topological polar surface area (TPSA) is 108 Å². The summed E-state index contributed by atoms with van der Waals surface area (Å²) >= 11 is 0. The molecule has 0 aliphatic heterocycles. The number of allylic oxidation sites excluding steroid dienone is 2. The predicted molar refractivity (Wildman–Crippen MR) is 187 cm³/mol. The van der Waals surface area contributed by atoms with Crippen molar-refractivity contribution in [3.8, 4) is 0 Å². The van der Waals surface area contributed by atoms with E-state index >= 15 is 0 Å². The molecule has 45 heavy (non-hydrogen) atoms. The van der Waals surface area contributed by atoms with E-state index in [1.54, 1.807) is 0 Å². The Morgan fingerprint density at radius 3 is 1.73 bits per heavy atom. The summed E-state index contributed by atoms with van der Waals surface area (Å²) in [5.74, 6) is -0.179. The van der Waals surface area contributed by atoms with Gasteiger partial charge in [-0.25, -0.2) is 0 Å². The molecule has 0 spiro atoms. The number of unbranched alkanes of at least 4 members (excludes halogenated alkanes) is 18. The molecule has 0 rings (SSSR count). The maximum atomic E-state index is 12.7. The molecule has 1 amide bonds. The third-order valence-electron chi connectivity index (χ3n) is 8.25. The molecule has 0 saturated heterocycles. The fourth-order valence-electron chi connectivity index (χ4n) is 5.21. The number of quaternary nitrogens is 1. The number of aliphatic hydroxyl groups excluding tert-OH is 1. The standard InChI is InChI=1S/C36H73N2O6P/c1-6-8-10-12-14-15-16-17-18-19-20-21-22-24-26-28-30-36(40)37-34(35(39)29-27-25-23-13-11-9-7-2)33-44-45(41,42)43-32-31-38(3,4)5/h18-19,34-35,39H,6-17,20-33H2,1-5H3,(H-,37,40,41,42)/b19-18-. The summed E-state index contributed by atoms with van der Waals surface area (Å²) in [6, 6.07) is -0.797. The first kappa shape index (κ1) is 44.2. The van der Waals surface area contributed by atoms with E-state index in [0.29, 0.717) is 23.9 Å². The molecule has 3 unspecified atom stereocenters. The summed E-state index contributed by atoms with van der Waals surface area (Å²) in [4.78, 5) is 25.1. The molecule has 0 aromatic heterocycles. The van der Waals surface area contributed by atoms with Gasteiger partial charge in [-0.15, -0.1) is 0 Å². The van der Waals surface area contributed by atoms with E-state index < -0.39 is 20.0 Å². The van der Waals surface area contributed by atoms with Gasteiger partial charge in [0, 0.05) is 6.42 Å². The van der Waals surface area contributed by atoms with Gasteiger partial charge in [0.25, 0.3) is 7.82 Å². The van der Waals surface area contributed by atoms with Crippen molar-refractivity contribution in [1.82, 2.24) is 5.32 Å². The zero-order valence-corrected chi connectivity index (χ0v) is 31.0. The van der Waals surface area contributed by atoms with Gasteiger partial charge in [0.1, 0.15) is 13.2 Å². The Hall–Kier alpha value is -0.760. The van der Waals surface area contributed by atoms with Gasteiger partial charge < -0.3 is 28.8 Å². The van der Waals surface area contributed by atoms with E-state index in [1.165, 1.54) is 83.5 Å². The molecule has 8 nitrogen and oxygen atoms in total. The van der Waals surface area contributed by atoms with Crippen molar-refractivity contribution in [2.24, 2.45) is 0 Å². The molecule has 0 radical (unpaired) electrons. The first-order chi connectivity index (χ1) is 21.5. The Labute approximate surface area is 278 Å². The van der Waals surface area contributed by atoms with Crippen LogP contribution in [0.5, 0.6) is 0 Å². The van der Waals surface area contributed by atoms with Crippen LogP contribution in [0.1, 0.15) is 162 Å². The molecule has 2 N–H and O–H groups in total. The molecule has 268 valence electrons. The van der Waals surface area contributed by atoms with Crippen LogP contribution >= 0.6 is 7.82 Å². The zero-order valence-electron chi connectivity index (χ0n) is 30.1. The zero-order chi connectivity index (χ0) is 33.7. The first-order valence-electron chi connectivity index (χ1n) is 18.5. The minimum Gasteiger partial charge on any atom is -0.756 e. The van der Waals surface area contributed by atoms with Gasteiger partial charge >= 0.3 is 0 Å². The summed E-state index contributed by atoms with van der Waals surface area (Å²) in [7, 11) is 1.30. The fraction of sp³-hybridized carbons (Fsp3) is 0.917. The second-order valence-corrected chi connectivity index (χ2v) is 15.3. The molecule has 0 heterocycles. The second kappa shape index (κ2) is 29.4. The minimum absolute atomic E-state index is 0.0113. The van der Waals surface area contributed by atoms with Crippen molar-refractivity contribution in [3.05, 3.63) is 12.2 Å². The summed E-state index contributed by atoms with van der Waals surface area (Å²) in [6.07, 6.45) is 29.4. The van der Waals surface area contributed by atoms with Crippen LogP contribution in [-0.2, 0) is 18.4 Å². The Morgan fingerprint density at radius 1 is 0.756 bits per heavy atom. The number of phosphoric ester groups is 1. The largest absolute Gasteiger partial charge is 0.756 e. The molecule has 0 aliphatic rings. The number of rotatable bonds is 33. The van der Waals surface area contributed by atoms with Crippen molar-refractivity contribution in [3.63, 3.8) is 0 Å². The monoisotopic (exact) mass is 661 g/mol. The Morgan fingerprint density at radius 2 is 1.22 bits per heavy atom. The van der Waals surface area contributed by atoms with Crippen molar-refractivity contribution >= 4 is 13.7 Å². The van der Waals surface area contributed by atoms with Gasteiger partial charge in [0.05, 0.1) is 39.9 Å². The number of carbonyl (C=O) groups is 1. The number of likely N-dealkylation sites (N-methyl/N-ethyl adjacent to an activating group) is 1. The predicted octanol–water partition coefficient (Wildman–Crippen LogP) is 8.61. The lowest BCUT2D eigenvalue weighted by Gasteiger charge is -2.30. The molecule has 0 fully saturated rings. The Kier molecular flexibility index (Phi) is 28.9. The van der Waals surface area contributed by atoms with E-state index in [4.69, 9.17) is 9.05 Å². The lowest BCUT2D eigenvalue weighted by atomic mass is 10.0. The average Bonchev–Trinajstić information content (AvgIpc) is 2.97. The first-order valence-corrected chi connectivity index (χ1v) is 20.0. The molecule has 0 aromatic carbocycles. The van der Waals surface area contributed by atoms with Crippen LogP contribution in [0.4, 0.5) is 0 Å². The molecular weight excluding hydrogens is 587 g/mol. The minimum atomic E-state index is -4.54. The Bertz CT molecular complexity index is 758. The van der Waals surface area contributed by atoms with Gasteiger partial charge in [-0.3, -0.25) is 9.36 Å². The SMILES string of the molecule is CCCCCCCCC/C=C\CCCCCCCC(=O)NC(COP(=O)([O-])OCC[N+](C)(C)C)C(O)CCCCCCCCC. The van der Waals surface area contributed by atoms with Crippen LogP contribution in [0.2, 0.25) is 0 Å². The van der Waals surface area contributed by atoms with Gasteiger partial charge in [-0.1, -0.05) is 129 Å². The number of aliphatic hydroxyl groups is 1. The number of amides is 1. The van der Waals surface area contributed by atoms with Crippen LogP contribution in [0.3, 0.4) is 0 Å². The van der Waals surface area contributed by atoms with E-state index in [2.05, 4.69) is 31.3 Å². The van der Waals surface area contributed by atoms with Gasteiger partial charge in [-0.2, -0.15) is 0 Å². The van der Waals surface area contributed by atoms with E-state index in [9.17, 15) is 19.4 Å². The maximum absolute atomic E-state index is 12.7. The number of hydrogen-bond donors (Lipinski definition) is 2. The Balaban J connectivity index is 4.37. The molecule has 0 aromatic rings. The smallest absolute Gasteiger partial charge is 0.268 e. The summed E-state index contributed by atoms with van der Waals surface area (Å²) < 4.78 is 23.0. The molecule has 0 aliphatic carbocycles. The molecular formula is C36H73N2O6P. The molecule has 9 heteroatoms. The van der Waals surface area contributed by atoms with Crippen molar-refractivity contribution in [2.75, 3.05) is 40.9 Å². The van der Waals surface area contributed by atoms with Gasteiger partial charge in [0.15, 0.2) is 0 Å². The lowest BCUT2D eigenvalue weighted by Crippen LogP contribution is -2.46. The van der Waals surface area contributed by atoms with Crippen LogP contribution in [0.25, 0.3) is 0 Å². The van der Waals surface area contributed by atoms with Gasteiger partial charge in [0.2, 0.25) is 5.91 Å². The highest BCUT2D eigenvalue weighted by atomic mass is 31.2. The lowest BCUT2D eigenvalue weighted by molar-refractivity contribution is -0.870. The normalized spacial score (nSPS) is 14.9. The van der Waals surface area contributed by atoms with E-state index in [-0.39, 0.29) is 19.1 Å². The van der Waals surface area contributed by atoms with E-state index in [1.807, 2.05) is 21.1 Å². The number of nitrogens with zero attached hydrogens (tertiary/aromatic N) is 1. The highest BCUT2D eigenvalue weighted by Gasteiger charge is 2.24. The second-order valence-electron chi connectivity index (χ2n) is 13.9. The average molecular weight is 661 g/mol. The highest BCUT2D eigenvalue weighted by Crippen LogP contribution is 2.38. The number of hydrogen-bond acceptors (Lipinski definition) is 6. The number of carbonyl (C=O) groups excluding carboxylic acids is 1. The molecule has 3 atom stereocenters. The summed E-state index contributed by atoms with van der Waals surface area (Å²) in [5, 5.41) is 13.7. The van der Waals surface area contributed by atoms with Crippen LogP contribution < -0.4 is 10.2 Å². The van der Waals surface area contributed by atoms with Crippen LogP contribution in [0.15, 0.2) is 12.2 Å². The van der Waals surface area contributed by atoms with Crippen molar-refractivity contribution in [2.45, 2.75) is 174 Å². The third-order valence-corrected chi connectivity index (χ3v) is 9.22. The van der Waals surface area contributed by atoms with Crippen LogP contribution in [0, 0.1) is 0 Å². The van der Waals surface area contributed by atoms with Gasteiger partial charge in [-0.05, 0) is 38.5 Å². The molecule has 0 bridgehead atoms. The van der Waals surface area contributed by atoms with Crippen LogP contribution in [-0.4, -0.2) is 68.5 Å². The summed E-state index contributed by atoms with van der Waals surface area (Å²) in [5.41, 5.74) is 0. The fourth-order valence-corrected chi connectivity index (χ4v) is 5.93. The van der Waals surface area contributed by atoms with Crippen molar-refractivity contribution in [1.29, 1.82) is 0 Å². The highest BCUT2D eigenvalue weighted by molar-refractivity contribution is 7.45. The number of phosphoric acid groups is 1. The third kappa shape index (κ3) is 31.6. The maximum Gasteiger partial charge on any atom is 0.268 e. The number of nitrogens with one attached hydrogen (secondary N) is 1. The summed E-state index contributed by atoms with van der Waals surface area (Å²) in [6.45, 7) is 4.64. The van der Waals surface area contributed by atoms with E-state index in [0.717, 1.165) is 51.4 Å².